The molecule has 3 aromatic rings. The molecule has 186 valence electrons. The first kappa shape index (κ1) is 25.8. The first-order valence-electron chi connectivity index (χ1n) is 10.4. The summed E-state index contributed by atoms with van der Waals surface area (Å²) < 4.78 is 34.3. The van der Waals surface area contributed by atoms with Gasteiger partial charge in [0.2, 0.25) is 15.9 Å². The third kappa shape index (κ3) is 6.86. The molecule has 2 aromatic carbocycles. The molecule has 0 spiro atoms. The molecule has 0 fully saturated rings. The molecule has 0 saturated heterocycles. The van der Waals surface area contributed by atoms with Gasteiger partial charge >= 0.3 is 5.69 Å². The van der Waals surface area contributed by atoms with Crippen LogP contribution in [0, 0.1) is 0 Å². The Morgan fingerprint density at radius 2 is 1.74 bits per heavy atom. The molecule has 35 heavy (non-hydrogen) atoms. The number of carbonyl (C=O) groups is 1. The third-order valence-corrected chi connectivity index (χ3v) is 7.02. The Morgan fingerprint density at radius 3 is 2.37 bits per heavy atom. The fraction of sp³-hybridized carbons (Fsp3) is 0.227. The van der Waals surface area contributed by atoms with E-state index in [1.807, 2.05) is 18.2 Å². The summed E-state index contributed by atoms with van der Waals surface area (Å²) in [6, 6.07) is 15.1. The number of hydrogen-bond acceptors (Lipinski definition) is 8. The first-order valence-corrected chi connectivity index (χ1v) is 11.9. The predicted molar refractivity (Wildman–Crippen MR) is 126 cm³/mol. The molecule has 0 aliphatic carbocycles. The molecule has 0 bridgehead atoms. The van der Waals surface area contributed by atoms with Crippen molar-refractivity contribution in [2.45, 2.75) is 24.0 Å². The van der Waals surface area contributed by atoms with E-state index in [4.69, 9.17) is 9.94 Å². The molecule has 0 aliphatic rings. The fourth-order valence-electron chi connectivity index (χ4n) is 3.18. The lowest BCUT2D eigenvalue weighted by atomic mass is 10.2. The van der Waals surface area contributed by atoms with E-state index in [0.717, 1.165) is 4.31 Å². The van der Waals surface area contributed by atoms with Crippen molar-refractivity contribution in [3.63, 3.8) is 0 Å². The molecule has 12 nitrogen and oxygen atoms in total. The van der Waals surface area contributed by atoms with Crippen molar-refractivity contribution in [1.29, 1.82) is 0 Å². The van der Waals surface area contributed by atoms with Gasteiger partial charge in [0, 0.05) is 38.3 Å². The average molecular weight is 504 g/mol. The van der Waals surface area contributed by atoms with Gasteiger partial charge in [0.15, 0.2) is 0 Å². The van der Waals surface area contributed by atoms with Gasteiger partial charge in [-0.1, -0.05) is 18.2 Å². The van der Waals surface area contributed by atoms with E-state index in [-0.39, 0.29) is 24.5 Å². The minimum Gasteiger partial charge on any atom is -0.457 e. The molecule has 4 N–H and O–H groups in total. The van der Waals surface area contributed by atoms with Crippen molar-refractivity contribution in [3.05, 3.63) is 87.7 Å². The second-order valence-corrected chi connectivity index (χ2v) is 9.49. The number of amides is 1. The zero-order valence-electron chi connectivity index (χ0n) is 18.7. The zero-order valence-corrected chi connectivity index (χ0v) is 19.6. The number of nitrogens with zero attached hydrogens (tertiary/aromatic N) is 2. The van der Waals surface area contributed by atoms with Crippen LogP contribution in [0.4, 0.5) is 0 Å². The molecule has 3 rings (SSSR count). The molecule has 13 heteroatoms. The second-order valence-electron chi connectivity index (χ2n) is 7.49. The number of nitrogens with one attached hydrogen (secondary N) is 3. The molecule has 1 aromatic heterocycles. The zero-order chi connectivity index (χ0) is 25.4. The maximum atomic E-state index is 13.2. The van der Waals surface area contributed by atoms with Gasteiger partial charge in [-0.3, -0.25) is 29.7 Å². The van der Waals surface area contributed by atoms with Gasteiger partial charge in [0.1, 0.15) is 11.5 Å². The molecule has 0 saturated carbocycles. The van der Waals surface area contributed by atoms with E-state index >= 15 is 0 Å². The molecule has 1 unspecified atom stereocenters. The summed E-state index contributed by atoms with van der Waals surface area (Å²) >= 11 is 0. The lowest BCUT2D eigenvalue weighted by molar-refractivity contribution is -0.130. The minimum atomic E-state index is -4.03. The Hall–Kier alpha value is -3.78. The van der Waals surface area contributed by atoms with E-state index in [2.05, 4.69) is 10.3 Å². The van der Waals surface area contributed by atoms with Crippen LogP contribution in [0.3, 0.4) is 0 Å². The van der Waals surface area contributed by atoms with Gasteiger partial charge in [0.25, 0.3) is 5.56 Å². The number of sulfonamides is 1. The number of ether oxygens (including phenoxy) is 1. The first-order chi connectivity index (χ1) is 16.7. The topological polar surface area (TPSA) is 163 Å². The monoisotopic (exact) mass is 503 g/mol. The second kappa shape index (κ2) is 11.6. The van der Waals surface area contributed by atoms with Gasteiger partial charge in [-0.05, 0) is 36.4 Å². The number of aromatic amines is 1. The quantitative estimate of drug-likeness (QED) is 0.217. The number of hydroxylamine groups is 1. The van der Waals surface area contributed by atoms with Crippen LogP contribution in [0.25, 0.3) is 0 Å². The van der Waals surface area contributed by atoms with Crippen molar-refractivity contribution in [2.24, 2.45) is 0 Å². The van der Waals surface area contributed by atoms with E-state index in [1.165, 1.54) is 53.6 Å². The lowest BCUT2D eigenvalue weighted by Gasteiger charge is -2.27. The molecule has 0 aliphatic heterocycles. The van der Waals surface area contributed by atoms with Crippen LogP contribution in [0.2, 0.25) is 0 Å². The number of carbonyl (C=O) groups excluding carboxylic acids is 1. The van der Waals surface area contributed by atoms with Crippen LogP contribution >= 0.6 is 0 Å². The fourth-order valence-corrected chi connectivity index (χ4v) is 4.53. The number of likely N-dealkylation sites (N-methyl/N-ethyl adjacent to an activating group) is 1. The van der Waals surface area contributed by atoms with Gasteiger partial charge in [0.05, 0.1) is 11.6 Å². The predicted octanol–water partition coefficient (Wildman–Crippen LogP) is 0.461. The van der Waals surface area contributed by atoms with Gasteiger partial charge in [-0.2, -0.15) is 4.31 Å². The van der Waals surface area contributed by atoms with Crippen molar-refractivity contribution in [3.8, 4) is 11.5 Å². The number of hydrogen-bond donors (Lipinski definition) is 4. The number of aromatic nitrogens is 2. The molecular weight excluding hydrogens is 478 g/mol. The van der Waals surface area contributed by atoms with E-state index in [0.29, 0.717) is 11.5 Å². The highest BCUT2D eigenvalue weighted by Gasteiger charge is 2.29. The summed E-state index contributed by atoms with van der Waals surface area (Å²) in [6.45, 7) is -0.0871. The van der Waals surface area contributed by atoms with Gasteiger partial charge < -0.3 is 4.74 Å². The number of benzene rings is 2. The molecule has 1 heterocycles. The minimum absolute atomic E-state index is 0.0216. The maximum absolute atomic E-state index is 13.2. The number of rotatable bonds is 11. The van der Waals surface area contributed by atoms with Crippen LogP contribution < -0.4 is 26.8 Å². The third-order valence-electron chi connectivity index (χ3n) is 5.10. The molecular formula is C22H25N5O7S. The Morgan fingerprint density at radius 1 is 1.09 bits per heavy atom. The van der Waals surface area contributed by atoms with Crippen LogP contribution in [0.1, 0.15) is 6.42 Å². The van der Waals surface area contributed by atoms with Crippen LogP contribution in [0.5, 0.6) is 11.5 Å². The summed E-state index contributed by atoms with van der Waals surface area (Å²) in [6.07, 6.45) is 0.929. The summed E-state index contributed by atoms with van der Waals surface area (Å²) in [5, 5.41) is 11.8. The summed E-state index contributed by atoms with van der Waals surface area (Å²) in [5.41, 5.74) is 0.304. The highest BCUT2D eigenvalue weighted by atomic mass is 32.2. The van der Waals surface area contributed by atoms with Crippen LogP contribution in [-0.2, 0) is 21.5 Å². The Bertz CT molecular complexity index is 1360. The van der Waals surface area contributed by atoms with Gasteiger partial charge in [-0.25, -0.2) is 18.7 Å². The van der Waals surface area contributed by atoms with E-state index in [9.17, 15) is 22.8 Å². The lowest BCUT2D eigenvalue weighted by Crippen LogP contribution is -2.46. The average Bonchev–Trinajstić information content (AvgIpc) is 2.85. The molecule has 0 radical (unpaired) electrons. The van der Waals surface area contributed by atoms with Crippen molar-refractivity contribution in [1.82, 2.24) is 24.7 Å². The Balaban J connectivity index is 1.73. The Kier molecular flexibility index (Phi) is 8.54. The van der Waals surface area contributed by atoms with Crippen molar-refractivity contribution in [2.75, 3.05) is 13.6 Å². The van der Waals surface area contributed by atoms with Crippen molar-refractivity contribution < 1.29 is 23.2 Å². The van der Waals surface area contributed by atoms with E-state index in [1.54, 1.807) is 12.1 Å². The Labute approximate surface area is 200 Å². The smallest absolute Gasteiger partial charge is 0.329 e. The largest absolute Gasteiger partial charge is 0.457 e. The highest BCUT2D eigenvalue weighted by molar-refractivity contribution is 7.89. The van der Waals surface area contributed by atoms with E-state index < -0.39 is 33.2 Å². The molecule has 1 amide bonds. The number of H-pyrrole nitrogens is 1. The summed E-state index contributed by atoms with van der Waals surface area (Å²) in [5.74, 6) is 0.261. The highest BCUT2D eigenvalue weighted by Crippen LogP contribution is 2.24. The van der Waals surface area contributed by atoms with Gasteiger partial charge in [-0.15, -0.1) is 0 Å². The summed E-state index contributed by atoms with van der Waals surface area (Å²) in [4.78, 5) is 36.9. The standard InChI is InChI=1S/C22H25N5O7S/c1-26(16(13-21(29)25-31)14-23-15-27-12-11-20(28)24-22(27)30)35(32,33)19-9-7-18(8-10-19)34-17-5-3-2-4-6-17/h2-12,16,23,31H,13-15H2,1H3,(H,25,29)(H,24,28,30). The maximum Gasteiger partial charge on any atom is 0.329 e. The van der Waals surface area contributed by atoms with Crippen LogP contribution in [-0.4, -0.2) is 53.0 Å². The van der Waals surface area contributed by atoms with Crippen LogP contribution in [0.15, 0.2) is 81.3 Å². The van der Waals surface area contributed by atoms with Crippen molar-refractivity contribution >= 4 is 15.9 Å². The number of para-hydroxylation sites is 1. The SMILES string of the molecule is CN(C(CNCn1ccc(=O)[nH]c1=O)CC(=O)NO)S(=O)(=O)c1ccc(Oc2ccccc2)cc1. The summed E-state index contributed by atoms with van der Waals surface area (Å²) in [7, 11) is -2.72. The molecule has 1 atom stereocenters. The normalized spacial score (nSPS) is 12.3.